The first-order chi connectivity index (χ1) is 20.4. The molecule has 0 saturated carbocycles. The molecule has 0 bridgehead atoms. The van der Waals surface area contributed by atoms with Crippen molar-refractivity contribution in [1.82, 2.24) is 0 Å². The highest BCUT2D eigenvalue weighted by Crippen LogP contribution is 2.26. The molecule has 0 heterocycles. The van der Waals surface area contributed by atoms with Crippen molar-refractivity contribution in [3.8, 4) is 0 Å². The Labute approximate surface area is 248 Å². The lowest BCUT2D eigenvalue weighted by Crippen LogP contribution is -2.35. The van der Waals surface area contributed by atoms with E-state index in [1.54, 1.807) is 74.5 Å². The van der Waals surface area contributed by atoms with Crippen molar-refractivity contribution in [2.45, 2.75) is 65.2 Å². The summed E-state index contributed by atoms with van der Waals surface area (Å²) in [6.45, 7) is 4.58. The largest absolute Gasteiger partial charge is 0.330 e. The monoisotopic (exact) mass is 574 g/mol. The number of unbranched alkanes of at least 4 members (excludes halogenated alkanes) is 4. The maximum absolute atomic E-state index is 12.8. The van der Waals surface area contributed by atoms with Crippen LogP contribution in [0.2, 0.25) is 0 Å². The maximum atomic E-state index is 12.8. The Balaban J connectivity index is 2.15. The van der Waals surface area contributed by atoms with Crippen LogP contribution in [-0.2, 0) is 19.2 Å². The molecular weight excluding hydrogens is 532 g/mol. The minimum absolute atomic E-state index is 0.248. The van der Waals surface area contributed by atoms with Gasteiger partial charge in [-0.05, 0) is 113 Å². The van der Waals surface area contributed by atoms with Crippen molar-refractivity contribution in [2.24, 2.45) is 21.7 Å². The van der Waals surface area contributed by atoms with Crippen LogP contribution in [0.25, 0.3) is 0 Å². The van der Waals surface area contributed by atoms with Gasteiger partial charge in [0.15, 0.2) is 0 Å². The summed E-state index contributed by atoms with van der Waals surface area (Å²) in [5.74, 6) is -1.38. The van der Waals surface area contributed by atoms with E-state index in [0.29, 0.717) is 48.7 Å². The number of allylic oxidation sites excluding steroid dienone is 2. The Morgan fingerprint density at radius 2 is 0.952 bits per heavy atom. The number of hydrogen-bond donors (Lipinski definition) is 2. The normalized spacial score (nSPS) is 11.4. The zero-order chi connectivity index (χ0) is 30.7. The summed E-state index contributed by atoms with van der Waals surface area (Å²) >= 11 is 0. The van der Waals surface area contributed by atoms with E-state index >= 15 is 0 Å². The fourth-order valence-corrected chi connectivity index (χ4v) is 4.09. The second-order valence-corrected chi connectivity index (χ2v) is 9.57. The zero-order valence-electron chi connectivity index (χ0n) is 24.6. The van der Waals surface area contributed by atoms with E-state index in [0.717, 1.165) is 25.7 Å². The smallest absolute Gasteiger partial charge is 0.257 e. The Hall–Kier alpha value is -4.28. The number of carbonyl (C=O) groups is 4. The number of imide groups is 2. The molecule has 0 radical (unpaired) electrons. The Bertz CT molecular complexity index is 1160. The molecule has 0 spiro atoms. The van der Waals surface area contributed by atoms with E-state index in [-0.39, 0.29) is 24.7 Å². The van der Waals surface area contributed by atoms with Crippen molar-refractivity contribution in [3.05, 3.63) is 72.8 Å². The predicted octanol–water partition coefficient (Wildman–Crippen LogP) is 6.01. The highest BCUT2D eigenvalue weighted by atomic mass is 16.2. The number of carbonyl (C=O) groups excluding carboxylic acids is 4. The predicted molar refractivity (Wildman–Crippen MR) is 167 cm³/mol. The first-order valence-corrected chi connectivity index (χ1v) is 14.4. The Morgan fingerprint density at radius 3 is 1.26 bits per heavy atom. The molecule has 0 fully saturated rings. The maximum Gasteiger partial charge on any atom is 0.257 e. The van der Waals surface area contributed by atoms with Gasteiger partial charge in [0, 0.05) is 12.8 Å². The van der Waals surface area contributed by atoms with Crippen LogP contribution in [0.3, 0.4) is 0 Å². The molecule has 4 N–H and O–H groups in total. The SMILES string of the molecule is CC=CC(=O)N(C(=O)CCCCCN)c1ccc(/N=N/c2ccc(N(C(=O)C=CC)C(=O)CCCCCN)cc2)cc1. The van der Waals surface area contributed by atoms with Crippen LogP contribution >= 0.6 is 0 Å². The number of nitrogens with zero attached hydrogens (tertiary/aromatic N) is 4. The van der Waals surface area contributed by atoms with Crippen molar-refractivity contribution in [3.63, 3.8) is 0 Å². The van der Waals surface area contributed by atoms with E-state index in [1.807, 2.05) is 0 Å². The lowest BCUT2D eigenvalue weighted by Gasteiger charge is -2.20. The van der Waals surface area contributed by atoms with Crippen LogP contribution < -0.4 is 21.3 Å². The molecule has 42 heavy (non-hydrogen) atoms. The number of amides is 4. The number of hydrogen-bond acceptors (Lipinski definition) is 8. The van der Waals surface area contributed by atoms with Gasteiger partial charge in [-0.25, -0.2) is 9.80 Å². The molecule has 0 aliphatic carbocycles. The van der Waals surface area contributed by atoms with Crippen molar-refractivity contribution in [2.75, 3.05) is 22.9 Å². The molecule has 0 saturated heterocycles. The van der Waals surface area contributed by atoms with Crippen LogP contribution in [0.1, 0.15) is 65.2 Å². The summed E-state index contributed by atoms with van der Waals surface area (Å²) in [5.41, 5.74) is 13.0. The number of azo groups is 1. The minimum Gasteiger partial charge on any atom is -0.330 e. The zero-order valence-corrected chi connectivity index (χ0v) is 24.6. The van der Waals surface area contributed by atoms with E-state index in [2.05, 4.69) is 10.2 Å². The molecule has 0 unspecified atom stereocenters. The quantitative estimate of drug-likeness (QED) is 0.142. The van der Waals surface area contributed by atoms with Crippen LogP contribution in [-0.4, -0.2) is 36.7 Å². The van der Waals surface area contributed by atoms with Gasteiger partial charge in [-0.15, -0.1) is 0 Å². The number of benzene rings is 2. The number of rotatable bonds is 16. The second-order valence-electron chi connectivity index (χ2n) is 9.57. The van der Waals surface area contributed by atoms with Crippen molar-refractivity contribution in [1.29, 1.82) is 0 Å². The molecule has 0 atom stereocenters. The molecule has 2 rings (SSSR count). The lowest BCUT2D eigenvalue weighted by molar-refractivity contribution is -0.126. The summed E-state index contributed by atoms with van der Waals surface area (Å²) < 4.78 is 0. The Kier molecular flexibility index (Phi) is 15.3. The van der Waals surface area contributed by atoms with Crippen LogP contribution in [0.15, 0.2) is 83.1 Å². The summed E-state index contributed by atoms with van der Waals surface area (Å²) in [4.78, 5) is 53.3. The van der Waals surface area contributed by atoms with Crippen molar-refractivity contribution < 1.29 is 19.2 Å². The van der Waals surface area contributed by atoms with Crippen molar-refractivity contribution >= 4 is 46.4 Å². The van der Waals surface area contributed by atoms with Gasteiger partial charge in [-0.2, -0.15) is 10.2 Å². The molecule has 2 aromatic rings. The molecular formula is C32H42N6O4. The van der Waals surface area contributed by atoms with Crippen LogP contribution in [0.5, 0.6) is 0 Å². The molecule has 10 heteroatoms. The first kappa shape index (κ1) is 33.9. The molecule has 0 aliphatic heterocycles. The topological polar surface area (TPSA) is 152 Å². The molecule has 0 aliphatic rings. The van der Waals surface area contributed by atoms with Gasteiger partial charge in [-0.3, -0.25) is 19.2 Å². The van der Waals surface area contributed by atoms with Gasteiger partial charge in [-0.1, -0.05) is 25.0 Å². The molecule has 4 amide bonds. The average Bonchev–Trinajstić information content (AvgIpc) is 2.98. The second kappa shape index (κ2) is 19.0. The van der Waals surface area contributed by atoms with E-state index in [1.165, 1.54) is 22.0 Å². The summed E-state index contributed by atoms with van der Waals surface area (Å²) in [7, 11) is 0. The number of nitrogens with two attached hydrogens (primary N) is 2. The van der Waals surface area contributed by atoms with Crippen LogP contribution in [0, 0.1) is 0 Å². The van der Waals surface area contributed by atoms with Crippen LogP contribution in [0.4, 0.5) is 22.7 Å². The summed E-state index contributed by atoms with van der Waals surface area (Å²) in [6.07, 6.45) is 11.0. The molecule has 10 nitrogen and oxygen atoms in total. The first-order valence-electron chi connectivity index (χ1n) is 14.4. The highest BCUT2D eigenvalue weighted by Gasteiger charge is 2.22. The summed E-state index contributed by atoms with van der Waals surface area (Å²) in [6, 6.07) is 13.3. The van der Waals surface area contributed by atoms with Gasteiger partial charge in [0.1, 0.15) is 0 Å². The van der Waals surface area contributed by atoms with Gasteiger partial charge in [0.25, 0.3) is 11.8 Å². The van der Waals surface area contributed by atoms with Gasteiger partial charge in [0.2, 0.25) is 11.8 Å². The number of anilines is 2. The molecule has 0 aromatic heterocycles. The fourth-order valence-electron chi connectivity index (χ4n) is 4.09. The standard InChI is InChI=1S/C32H42N6O4/c1-3-11-29(39)37(31(41)13-7-5-9-23-33)27-19-15-25(16-20-27)35-36-26-17-21-28(22-18-26)38(30(40)12-4-2)32(42)14-8-6-10-24-34/h3-4,11-12,15-22H,5-10,13-14,23-24,33-34H2,1-2H3/b11-3?,12-4?,36-35+. The van der Waals surface area contributed by atoms with Gasteiger partial charge in [0.05, 0.1) is 22.7 Å². The van der Waals surface area contributed by atoms with E-state index < -0.39 is 11.8 Å². The lowest BCUT2D eigenvalue weighted by atomic mass is 10.1. The third kappa shape index (κ3) is 10.9. The molecule has 2 aromatic carbocycles. The molecule has 224 valence electrons. The van der Waals surface area contributed by atoms with Gasteiger partial charge < -0.3 is 11.5 Å². The average molecular weight is 575 g/mol. The summed E-state index contributed by atoms with van der Waals surface area (Å²) in [5, 5.41) is 8.49. The van der Waals surface area contributed by atoms with E-state index in [4.69, 9.17) is 11.5 Å². The third-order valence-corrected chi connectivity index (χ3v) is 6.24. The van der Waals surface area contributed by atoms with Gasteiger partial charge >= 0.3 is 0 Å². The Morgan fingerprint density at radius 1 is 0.595 bits per heavy atom. The fraction of sp³-hybridized carbons (Fsp3) is 0.375. The third-order valence-electron chi connectivity index (χ3n) is 6.24. The minimum atomic E-state index is -0.410. The van der Waals surface area contributed by atoms with E-state index in [9.17, 15) is 19.2 Å². The highest BCUT2D eigenvalue weighted by molar-refractivity contribution is 6.19.